The molecule has 1 N–H and O–H groups in total. The van der Waals surface area contributed by atoms with Crippen molar-refractivity contribution >= 4 is 17.5 Å². The molecule has 1 heterocycles. The van der Waals surface area contributed by atoms with Crippen LogP contribution in [0.1, 0.15) is 5.69 Å². The van der Waals surface area contributed by atoms with E-state index in [0.29, 0.717) is 17.3 Å². The minimum absolute atomic E-state index is 0.0484. The third-order valence-electron chi connectivity index (χ3n) is 2.36. The molecule has 0 bridgehead atoms. The number of pyridine rings is 1. The van der Waals surface area contributed by atoms with Crippen molar-refractivity contribution in [2.24, 2.45) is 0 Å². The van der Waals surface area contributed by atoms with Crippen LogP contribution in [-0.2, 0) is 11.3 Å². The van der Waals surface area contributed by atoms with Crippen molar-refractivity contribution in [1.29, 1.82) is 0 Å². The number of benzene rings is 1. The Balaban J connectivity index is 1.76. The Hall–Kier alpha value is -2.07. The Labute approximate surface area is 116 Å². The summed E-state index contributed by atoms with van der Waals surface area (Å²) in [5.74, 6) is 0.367. The predicted molar refractivity (Wildman–Crippen MR) is 73.0 cm³/mol. The summed E-state index contributed by atoms with van der Waals surface area (Å²) in [5, 5.41) is 3.30. The fraction of sp³-hybridized carbons (Fsp3) is 0.143. The van der Waals surface area contributed by atoms with Crippen LogP contribution in [-0.4, -0.2) is 17.5 Å². The molecule has 1 amide bonds. The van der Waals surface area contributed by atoms with Gasteiger partial charge in [-0.3, -0.25) is 9.78 Å². The molecule has 0 spiro atoms. The molecule has 0 aliphatic carbocycles. The van der Waals surface area contributed by atoms with Crippen molar-refractivity contribution in [3.05, 3.63) is 59.4 Å². The molecule has 0 aliphatic rings. The molecular weight excluding hydrogens is 264 g/mol. The van der Waals surface area contributed by atoms with Gasteiger partial charge in [-0.25, -0.2) is 0 Å². The number of ether oxygens (including phenoxy) is 1. The fourth-order valence-corrected chi connectivity index (χ4v) is 1.63. The molecule has 2 aromatic rings. The molecule has 0 radical (unpaired) electrons. The van der Waals surface area contributed by atoms with Crippen LogP contribution in [0.4, 0.5) is 0 Å². The maximum Gasteiger partial charge on any atom is 0.258 e. The van der Waals surface area contributed by atoms with Gasteiger partial charge in [0.15, 0.2) is 6.61 Å². The summed E-state index contributed by atoms with van der Waals surface area (Å²) in [6.45, 7) is 0.339. The lowest BCUT2D eigenvalue weighted by atomic mass is 10.3. The van der Waals surface area contributed by atoms with Crippen LogP contribution in [0, 0.1) is 0 Å². The Morgan fingerprint density at radius 3 is 2.89 bits per heavy atom. The number of carbonyl (C=O) groups is 1. The summed E-state index contributed by atoms with van der Waals surface area (Å²) in [7, 11) is 0. The molecule has 0 unspecified atom stereocenters. The van der Waals surface area contributed by atoms with Crippen LogP contribution >= 0.6 is 11.6 Å². The number of rotatable bonds is 5. The van der Waals surface area contributed by atoms with E-state index in [-0.39, 0.29) is 12.5 Å². The Morgan fingerprint density at radius 1 is 1.26 bits per heavy atom. The lowest BCUT2D eigenvalue weighted by Gasteiger charge is -2.07. The summed E-state index contributed by atoms with van der Waals surface area (Å²) < 4.78 is 5.32. The van der Waals surface area contributed by atoms with Gasteiger partial charge in [-0.2, -0.15) is 0 Å². The fourth-order valence-electron chi connectivity index (χ4n) is 1.45. The number of hydrogen-bond acceptors (Lipinski definition) is 3. The highest BCUT2D eigenvalue weighted by Crippen LogP contribution is 2.16. The van der Waals surface area contributed by atoms with Gasteiger partial charge in [-0.15, -0.1) is 0 Å². The number of aromatic nitrogens is 1. The number of nitrogens with one attached hydrogen (secondary N) is 1. The van der Waals surface area contributed by atoms with E-state index in [4.69, 9.17) is 16.3 Å². The van der Waals surface area contributed by atoms with Gasteiger partial charge in [0.1, 0.15) is 5.75 Å². The molecule has 2 rings (SSSR count). The van der Waals surface area contributed by atoms with E-state index in [9.17, 15) is 4.79 Å². The van der Waals surface area contributed by atoms with Gasteiger partial charge in [0, 0.05) is 11.2 Å². The summed E-state index contributed by atoms with van der Waals surface area (Å²) in [5.41, 5.74) is 0.804. The minimum Gasteiger partial charge on any atom is -0.484 e. The summed E-state index contributed by atoms with van der Waals surface area (Å²) in [4.78, 5) is 15.7. The van der Waals surface area contributed by atoms with Gasteiger partial charge in [0.25, 0.3) is 5.91 Å². The maximum absolute atomic E-state index is 11.6. The second-order valence-electron chi connectivity index (χ2n) is 3.84. The smallest absolute Gasteiger partial charge is 0.258 e. The van der Waals surface area contributed by atoms with Gasteiger partial charge in [0.2, 0.25) is 0 Å². The van der Waals surface area contributed by atoms with Crippen LogP contribution in [0.5, 0.6) is 5.75 Å². The first kappa shape index (κ1) is 13.4. The third-order valence-corrected chi connectivity index (χ3v) is 2.59. The highest BCUT2D eigenvalue weighted by molar-refractivity contribution is 6.30. The molecule has 4 nitrogen and oxygen atoms in total. The summed E-state index contributed by atoms with van der Waals surface area (Å²) >= 11 is 5.81. The first-order chi connectivity index (χ1) is 9.24. The summed E-state index contributed by atoms with van der Waals surface area (Å²) in [6.07, 6.45) is 1.68. The first-order valence-electron chi connectivity index (χ1n) is 5.79. The molecule has 5 heteroatoms. The maximum atomic E-state index is 11.6. The van der Waals surface area contributed by atoms with Crippen LogP contribution in [0.2, 0.25) is 5.02 Å². The normalized spacial score (nSPS) is 9.95. The quantitative estimate of drug-likeness (QED) is 0.912. The second kappa shape index (κ2) is 6.75. The van der Waals surface area contributed by atoms with Crippen molar-refractivity contribution < 1.29 is 9.53 Å². The Morgan fingerprint density at radius 2 is 2.16 bits per heavy atom. The zero-order valence-corrected chi connectivity index (χ0v) is 10.9. The van der Waals surface area contributed by atoms with E-state index in [1.807, 2.05) is 18.2 Å². The average molecular weight is 277 g/mol. The van der Waals surface area contributed by atoms with Crippen LogP contribution in [0.25, 0.3) is 0 Å². The van der Waals surface area contributed by atoms with Gasteiger partial charge in [-0.05, 0) is 30.3 Å². The molecule has 0 fully saturated rings. The average Bonchev–Trinajstić information content (AvgIpc) is 2.44. The van der Waals surface area contributed by atoms with Crippen molar-refractivity contribution in [3.63, 3.8) is 0 Å². The van der Waals surface area contributed by atoms with Crippen molar-refractivity contribution in [2.75, 3.05) is 6.61 Å². The summed E-state index contributed by atoms with van der Waals surface area (Å²) in [6, 6.07) is 12.5. The standard InChI is InChI=1S/C14H13ClN2O2/c15-11-4-3-6-13(8-11)19-10-14(18)17-9-12-5-1-2-7-16-12/h1-8H,9-10H2,(H,17,18). The Kier molecular flexibility index (Phi) is 4.75. The number of carbonyl (C=O) groups excluding carboxylic acids is 1. The number of halogens is 1. The van der Waals surface area contributed by atoms with Gasteiger partial charge in [-0.1, -0.05) is 23.7 Å². The minimum atomic E-state index is -0.203. The number of nitrogens with zero attached hydrogens (tertiary/aromatic N) is 1. The van der Waals surface area contributed by atoms with Crippen molar-refractivity contribution in [3.8, 4) is 5.75 Å². The van der Waals surface area contributed by atoms with Crippen LogP contribution < -0.4 is 10.1 Å². The molecular formula is C14H13ClN2O2. The lowest BCUT2D eigenvalue weighted by Crippen LogP contribution is -2.28. The molecule has 19 heavy (non-hydrogen) atoms. The number of amides is 1. The number of hydrogen-bond donors (Lipinski definition) is 1. The van der Waals surface area contributed by atoms with Crippen LogP contribution in [0.3, 0.4) is 0 Å². The third kappa shape index (κ3) is 4.60. The van der Waals surface area contributed by atoms with E-state index in [1.165, 1.54) is 0 Å². The Bertz CT molecular complexity index is 546. The van der Waals surface area contributed by atoms with E-state index < -0.39 is 0 Å². The van der Waals surface area contributed by atoms with E-state index in [1.54, 1.807) is 30.5 Å². The zero-order chi connectivity index (χ0) is 13.5. The van der Waals surface area contributed by atoms with Gasteiger partial charge in [0.05, 0.1) is 12.2 Å². The molecule has 98 valence electrons. The molecule has 1 aromatic heterocycles. The molecule has 0 atom stereocenters. The molecule has 0 saturated heterocycles. The highest BCUT2D eigenvalue weighted by Gasteiger charge is 2.03. The monoisotopic (exact) mass is 276 g/mol. The van der Waals surface area contributed by atoms with Gasteiger partial charge >= 0.3 is 0 Å². The topological polar surface area (TPSA) is 51.2 Å². The second-order valence-corrected chi connectivity index (χ2v) is 4.28. The largest absolute Gasteiger partial charge is 0.484 e. The van der Waals surface area contributed by atoms with Crippen LogP contribution in [0.15, 0.2) is 48.7 Å². The van der Waals surface area contributed by atoms with E-state index in [0.717, 1.165) is 5.69 Å². The zero-order valence-electron chi connectivity index (χ0n) is 10.2. The highest BCUT2D eigenvalue weighted by atomic mass is 35.5. The van der Waals surface area contributed by atoms with Crippen molar-refractivity contribution in [2.45, 2.75) is 6.54 Å². The van der Waals surface area contributed by atoms with Gasteiger partial charge < -0.3 is 10.1 Å². The molecule has 1 aromatic carbocycles. The molecule has 0 aliphatic heterocycles. The first-order valence-corrected chi connectivity index (χ1v) is 6.17. The van der Waals surface area contributed by atoms with E-state index in [2.05, 4.69) is 10.3 Å². The van der Waals surface area contributed by atoms with Crippen molar-refractivity contribution in [1.82, 2.24) is 10.3 Å². The lowest BCUT2D eigenvalue weighted by molar-refractivity contribution is -0.123. The van der Waals surface area contributed by atoms with E-state index >= 15 is 0 Å². The SMILES string of the molecule is O=C(COc1cccc(Cl)c1)NCc1ccccn1. The predicted octanol–water partition coefficient (Wildman–Crippen LogP) is 2.43. The molecule has 0 saturated carbocycles.